The fraction of sp³-hybridized carbons (Fsp3) is 0.0222. The van der Waals surface area contributed by atoms with E-state index in [9.17, 15) is 0 Å². The Balaban J connectivity index is 1.37. The van der Waals surface area contributed by atoms with Crippen molar-refractivity contribution in [3.63, 3.8) is 0 Å². The molecule has 0 radical (unpaired) electrons. The third-order valence-electron chi connectivity index (χ3n) is 10.6. The molecule has 0 unspecified atom stereocenters. The first-order valence-corrected chi connectivity index (χ1v) is 17.1. The average Bonchev–Trinajstić information content (AvgIpc) is 3.63. The highest BCUT2D eigenvalue weighted by Gasteiger charge is 2.50. The van der Waals surface area contributed by atoms with Crippen molar-refractivity contribution < 1.29 is 0 Å². The van der Waals surface area contributed by atoms with Crippen LogP contribution in [0, 0.1) is 0 Å². The lowest BCUT2D eigenvalue weighted by molar-refractivity contribution is 0.726. The van der Waals surface area contributed by atoms with E-state index in [1.165, 1.54) is 92.2 Å². The second kappa shape index (κ2) is 9.25. The second-order valence-corrected chi connectivity index (χ2v) is 13.8. The van der Waals surface area contributed by atoms with E-state index in [-0.39, 0.29) is 0 Å². The molecule has 1 spiro atoms. The van der Waals surface area contributed by atoms with Crippen LogP contribution in [0.2, 0.25) is 0 Å². The number of hydrogen-bond donors (Lipinski definition) is 0. The Labute approximate surface area is 276 Å². The van der Waals surface area contributed by atoms with Crippen molar-refractivity contribution in [1.82, 2.24) is 4.57 Å². The van der Waals surface area contributed by atoms with Crippen molar-refractivity contribution in [2.45, 2.75) is 15.2 Å². The van der Waals surface area contributed by atoms with Crippen LogP contribution < -0.4 is 0 Å². The molecule has 0 amide bonds. The fourth-order valence-electron chi connectivity index (χ4n) is 8.84. The first-order chi connectivity index (χ1) is 23.3. The Morgan fingerprint density at radius 3 is 1.77 bits per heavy atom. The van der Waals surface area contributed by atoms with Crippen LogP contribution in [0.3, 0.4) is 0 Å². The summed E-state index contributed by atoms with van der Waals surface area (Å²) in [6.45, 7) is 0. The zero-order valence-electron chi connectivity index (χ0n) is 25.4. The van der Waals surface area contributed by atoms with Gasteiger partial charge in [-0.2, -0.15) is 0 Å². The molecule has 0 saturated heterocycles. The molecule has 0 bridgehead atoms. The van der Waals surface area contributed by atoms with Crippen LogP contribution in [0.5, 0.6) is 0 Å². The highest BCUT2D eigenvalue weighted by Crippen LogP contribution is 2.63. The van der Waals surface area contributed by atoms with Gasteiger partial charge in [-0.15, -0.1) is 0 Å². The van der Waals surface area contributed by atoms with Crippen LogP contribution in [0.1, 0.15) is 22.3 Å². The SMILES string of the molecule is c1ccc2c(c1)Sc1c(ccc3c1c1c4ccccc4ccc1n3-c1cccc3ccccc13)C21c2ccccc2-c2ccccc21. The van der Waals surface area contributed by atoms with Gasteiger partial charge in [-0.25, -0.2) is 0 Å². The standard InChI is InChI=1S/C45H27NS/c1-3-15-30-28(12-1)14-11-22-38(30)46-39-26-24-29-13-2-4-16-31(29)42(39)43-40(46)27-25-37-44(43)47-41-23-10-9-21-36(41)45(37)34-19-7-5-17-32(34)33-18-6-8-20-35(33)45/h1-27H. The van der Waals surface area contributed by atoms with Crippen molar-refractivity contribution in [2.75, 3.05) is 0 Å². The molecule has 1 nitrogen and oxygen atoms in total. The maximum Gasteiger partial charge on any atom is 0.0735 e. The van der Waals surface area contributed by atoms with Crippen LogP contribution in [0.4, 0.5) is 0 Å². The average molecular weight is 614 g/mol. The summed E-state index contributed by atoms with van der Waals surface area (Å²) < 4.78 is 2.52. The van der Waals surface area contributed by atoms with Gasteiger partial charge in [-0.1, -0.05) is 151 Å². The van der Waals surface area contributed by atoms with E-state index in [0.29, 0.717) is 0 Å². The van der Waals surface area contributed by atoms with E-state index in [4.69, 9.17) is 0 Å². The zero-order chi connectivity index (χ0) is 30.7. The van der Waals surface area contributed by atoms with Gasteiger partial charge in [0.25, 0.3) is 0 Å². The minimum absolute atomic E-state index is 0.406. The van der Waals surface area contributed by atoms with Gasteiger partial charge in [0.15, 0.2) is 0 Å². The summed E-state index contributed by atoms with van der Waals surface area (Å²) in [5.41, 5.74) is 11.4. The van der Waals surface area contributed by atoms with E-state index in [1.807, 2.05) is 11.8 Å². The Morgan fingerprint density at radius 2 is 0.979 bits per heavy atom. The molecule has 8 aromatic carbocycles. The molecule has 9 aromatic rings. The molecule has 47 heavy (non-hydrogen) atoms. The lowest BCUT2D eigenvalue weighted by Gasteiger charge is -2.40. The lowest BCUT2D eigenvalue weighted by Crippen LogP contribution is -2.32. The smallest absolute Gasteiger partial charge is 0.0735 e. The van der Waals surface area contributed by atoms with Crippen molar-refractivity contribution in [3.05, 3.63) is 186 Å². The van der Waals surface area contributed by atoms with Crippen molar-refractivity contribution >= 4 is 55.1 Å². The van der Waals surface area contributed by atoms with Crippen LogP contribution in [0.15, 0.2) is 174 Å². The first-order valence-electron chi connectivity index (χ1n) is 16.3. The van der Waals surface area contributed by atoms with Crippen molar-refractivity contribution in [1.29, 1.82) is 0 Å². The predicted molar refractivity (Wildman–Crippen MR) is 197 cm³/mol. The predicted octanol–water partition coefficient (Wildman–Crippen LogP) is 11.9. The molecule has 1 aromatic heterocycles. The minimum atomic E-state index is -0.406. The van der Waals surface area contributed by atoms with E-state index in [1.54, 1.807) is 0 Å². The Morgan fingerprint density at radius 1 is 0.404 bits per heavy atom. The molecule has 11 rings (SSSR count). The number of rotatable bonds is 1. The highest BCUT2D eigenvalue weighted by molar-refractivity contribution is 7.99. The molecule has 1 aliphatic carbocycles. The Hall–Kier alpha value is -5.57. The largest absolute Gasteiger partial charge is 0.309 e. The van der Waals surface area contributed by atoms with Crippen LogP contribution in [0.25, 0.3) is 60.2 Å². The lowest BCUT2D eigenvalue weighted by atomic mass is 9.67. The third kappa shape index (κ3) is 3.16. The molecule has 0 saturated carbocycles. The monoisotopic (exact) mass is 613 g/mol. The molecule has 1 aliphatic heterocycles. The summed E-state index contributed by atoms with van der Waals surface area (Å²) in [6.07, 6.45) is 0. The van der Waals surface area contributed by atoms with Crippen LogP contribution in [-0.4, -0.2) is 4.57 Å². The fourth-order valence-corrected chi connectivity index (χ4v) is 10.2. The molecule has 0 fully saturated rings. The van der Waals surface area contributed by atoms with E-state index in [0.717, 1.165) is 0 Å². The highest BCUT2D eigenvalue weighted by atomic mass is 32.2. The van der Waals surface area contributed by atoms with Gasteiger partial charge in [0.2, 0.25) is 0 Å². The van der Waals surface area contributed by atoms with Gasteiger partial charge in [-0.05, 0) is 73.8 Å². The minimum Gasteiger partial charge on any atom is -0.309 e. The van der Waals surface area contributed by atoms with E-state index in [2.05, 4.69) is 168 Å². The van der Waals surface area contributed by atoms with Crippen LogP contribution >= 0.6 is 11.8 Å². The summed E-state index contributed by atoms with van der Waals surface area (Å²) in [6, 6.07) is 61.1. The quantitative estimate of drug-likeness (QED) is 0.178. The molecule has 218 valence electrons. The van der Waals surface area contributed by atoms with Crippen molar-refractivity contribution in [3.8, 4) is 16.8 Å². The number of benzene rings is 8. The van der Waals surface area contributed by atoms with Gasteiger partial charge in [0, 0.05) is 25.9 Å². The third-order valence-corrected chi connectivity index (χ3v) is 11.8. The van der Waals surface area contributed by atoms with Gasteiger partial charge < -0.3 is 4.57 Å². The topological polar surface area (TPSA) is 4.93 Å². The number of fused-ring (bicyclic) bond motifs is 16. The Bertz CT molecular complexity index is 2730. The molecular weight excluding hydrogens is 587 g/mol. The van der Waals surface area contributed by atoms with Gasteiger partial charge in [-0.3, -0.25) is 0 Å². The number of hydrogen-bond acceptors (Lipinski definition) is 1. The molecule has 2 aliphatic rings. The molecule has 0 N–H and O–H groups in total. The summed E-state index contributed by atoms with van der Waals surface area (Å²) in [7, 11) is 0. The number of nitrogens with zero attached hydrogens (tertiary/aromatic N) is 1. The molecule has 2 heteroatoms. The molecular formula is C45H27NS. The molecule has 2 heterocycles. The summed E-state index contributed by atoms with van der Waals surface area (Å²) in [5.74, 6) is 0. The molecule has 0 atom stereocenters. The van der Waals surface area contributed by atoms with Gasteiger partial charge >= 0.3 is 0 Å². The van der Waals surface area contributed by atoms with Gasteiger partial charge in [0.05, 0.1) is 22.1 Å². The summed E-state index contributed by atoms with van der Waals surface area (Å²) in [5, 5.41) is 7.73. The van der Waals surface area contributed by atoms with E-state index < -0.39 is 5.41 Å². The first kappa shape index (κ1) is 25.6. The normalized spacial score (nSPS) is 14.0. The van der Waals surface area contributed by atoms with Crippen LogP contribution in [-0.2, 0) is 5.41 Å². The van der Waals surface area contributed by atoms with Gasteiger partial charge in [0.1, 0.15) is 0 Å². The van der Waals surface area contributed by atoms with Crippen molar-refractivity contribution in [2.24, 2.45) is 0 Å². The maximum absolute atomic E-state index is 2.52. The maximum atomic E-state index is 2.52. The zero-order valence-corrected chi connectivity index (χ0v) is 26.3. The summed E-state index contributed by atoms with van der Waals surface area (Å²) in [4.78, 5) is 2.68. The summed E-state index contributed by atoms with van der Waals surface area (Å²) >= 11 is 1.94. The Kier molecular flexibility index (Phi) is 5.04. The number of aromatic nitrogens is 1. The van der Waals surface area contributed by atoms with E-state index >= 15 is 0 Å². The second-order valence-electron chi connectivity index (χ2n) is 12.8.